The first kappa shape index (κ1) is 14.2. The Balaban J connectivity index is 2.27. The molecule has 2 rings (SSSR count). The van der Waals surface area contributed by atoms with Crippen molar-refractivity contribution in [1.29, 1.82) is 0 Å². The van der Waals surface area contributed by atoms with Crippen LogP contribution in [0.15, 0.2) is 41.0 Å². The lowest BCUT2D eigenvalue weighted by atomic mass is 10.1. The molecule has 0 bridgehead atoms. The van der Waals surface area contributed by atoms with Crippen LogP contribution < -0.4 is 4.74 Å². The van der Waals surface area contributed by atoms with E-state index in [-0.39, 0.29) is 11.9 Å². The Morgan fingerprint density at radius 3 is 2.60 bits per heavy atom. The van der Waals surface area contributed by atoms with E-state index in [4.69, 9.17) is 9.15 Å². The molecule has 1 heterocycles. The van der Waals surface area contributed by atoms with Crippen molar-refractivity contribution in [3.63, 3.8) is 0 Å². The monoisotopic (exact) mass is 273 g/mol. The molecule has 20 heavy (non-hydrogen) atoms. The van der Waals surface area contributed by atoms with E-state index in [2.05, 4.69) is 0 Å². The van der Waals surface area contributed by atoms with Gasteiger partial charge in [-0.1, -0.05) is 18.2 Å². The van der Waals surface area contributed by atoms with Crippen molar-refractivity contribution in [2.75, 3.05) is 14.2 Å². The molecule has 0 aliphatic rings. The van der Waals surface area contributed by atoms with Crippen LogP contribution in [-0.2, 0) is 0 Å². The Morgan fingerprint density at radius 1 is 1.30 bits per heavy atom. The highest BCUT2D eigenvalue weighted by molar-refractivity contribution is 5.95. The third-order valence-corrected chi connectivity index (χ3v) is 3.58. The Hall–Kier alpha value is -2.23. The van der Waals surface area contributed by atoms with Gasteiger partial charge in [-0.15, -0.1) is 0 Å². The van der Waals surface area contributed by atoms with Crippen LogP contribution in [0.4, 0.5) is 0 Å². The molecule has 1 atom stereocenters. The molecule has 1 unspecified atom stereocenters. The second kappa shape index (κ2) is 5.82. The molecule has 0 saturated heterocycles. The van der Waals surface area contributed by atoms with Crippen molar-refractivity contribution in [2.24, 2.45) is 0 Å². The van der Waals surface area contributed by atoms with E-state index in [0.717, 1.165) is 11.3 Å². The van der Waals surface area contributed by atoms with Crippen LogP contribution >= 0.6 is 0 Å². The normalized spacial score (nSPS) is 12.0. The summed E-state index contributed by atoms with van der Waals surface area (Å²) >= 11 is 0. The lowest BCUT2D eigenvalue weighted by Crippen LogP contribution is -2.30. The minimum atomic E-state index is -0.0899. The number of ether oxygens (including phenoxy) is 1. The first-order chi connectivity index (χ1) is 9.56. The van der Waals surface area contributed by atoms with Crippen LogP contribution in [0.2, 0.25) is 0 Å². The van der Waals surface area contributed by atoms with E-state index < -0.39 is 0 Å². The molecule has 1 aromatic carbocycles. The van der Waals surface area contributed by atoms with E-state index in [0.29, 0.717) is 11.3 Å². The Morgan fingerprint density at radius 2 is 2.00 bits per heavy atom. The van der Waals surface area contributed by atoms with Gasteiger partial charge in [0, 0.05) is 12.6 Å². The van der Waals surface area contributed by atoms with Gasteiger partial charge in [-0.05, 0) is 26.0 Å². The molecule has 0 fully saturated rings. The van der Waals surface area contributed by atoms with Gasteiger partial charge in [0.25, 0.3) is 5.91 Å². The van der Waals surface area contributed by atoms with Crippen molar-refractivity contribution in [1.82, 2.24) is 4.90 Å². The molecular formula is C16H19NO3. The summed E-state index contributed by atoms with van der Waals surface area (Å²) in [4.78, 5) is 14.2. The minimum absolute atomic E-state index is 0.0605. The maximum absolute atomic E-state index is 12.5. The number of furan rings is 1. The number of carbonyl (C=O) groups is 1. The molecule has 2 aromatic rings. The van der Waals surface area contributed by atoms with Gasteiger partial charge in [0.05, 0.1) is 25.0 Å². The van der Waals surface area contributed by atoms with E-state index >= 15 is 0 Å². The molecule has 4 heteroatoms. The van der Waals surface area contributed by atoms with Crippen LogP contribution in [-0.4, -0.2) is 25.0 Å². The molecule has 1 amide bonds. The Labute approximate surface area is 119 Å². The van der Waals surface area contributed by atoms with E-state index in [9.17, 15) is 4.79 Å². The number of aryl methyl sites for hydroxylation is 1. The lowest BCUT2D eigenvalue weighted by molar-refractivity contribution is 0.0739. The molecule has 0 spiro atoms. The molecule has 0 radical (unpaired) electrons. The third kappa shape index (κ3) is 2.54. The maximum Gasteiger partial charge on any atom is 0.257 e. The molecule has 106 valence electrons. The molecule has 1 aromatic heterocycles. The SMILES string of the molecule is COc1ccccc1C(C)N(C)C(=O)c1ccoc1C. The third-order valence-electron chi connectivity index (χ3n) is 3.58. The fourth-order valence-corrected chi connectivity index (χ4v) is 2.19. The summed E-state index contributed by atoms with van der Waals surface area (Å²) in [5.74, 6) is 1.35. The summed E-state index contributed by atoms with van der Waals surface area (Å²) in [5, 5.41) is 0. The van der Waals surface area contributed by atoms with Gasteiger partial charge in [0.2, 0.25) is 0 Å². The number of rotatable bonds is 4. The van der Waals surface area contributed by atoms with E-state index in [1.165, 1.54) is 6.26 Å². The van der Waals surface area contributed by atoms with Gasteiger partial charge in [-0.2, -0.15) is 0 Å². The smallest absolute Gasteiger partial charge is 0.257 e. The lowest BCUT2D eigenvalue weighted by Gasteiger charge is -2.26. The summed E-state index contributed by atoms with van der Waals surface area (Å²) < 4.78 is 10.5. The van der Waals surface area contributed by atoms with Gasteiger partial charge < -0.3 is 14.1 Å². The largest absolute Gasteiger partial charge is 0.496 e. The molecule has 0 aliphatic heterocycles. The Kier molecular flexibility index (Phi) is 4.13. The highest BCUT2D eigenvalue weighted by atomic mass is 16.5. The number of hydrogen-bond acceptors (Lipinski definition) is 3. The highest BCUT2D eigenvalue weighted by Gasteiger charge is 2.23. The summed E-state index contributed by atoms with van der Waals surface area (Å²) in [6.45, 7) is 3.76. The molecule has 0 saturated carbocycles. The molecule has 0 N–H and O–H groups in total. The summed E-state index contributed by atoms with van der Waals surface area (Å²) in [5.41, 5.74) is 1.57. The summed E-state index contributed by atoms with van der Waals surface area (Å²) in [7, 11) is 3.42. The number of amides is 1. The predicted molar refractivity (Wildman–Crippen MR) is 76.9 cm³/mol. The molecule has 4 nitrogen and oxygen atoms in total. The number of benzene rings is 1. The van der Waals surface area contributed by atoms with E-state index in [1.807, 2.05) is 31.2 Å². The zero-order valence-electron chi connectivity index (χ0n) is 12.2. The number of methoxy groups -OCH3 is 1. The van der Waals surface area contributed by atoms with Gasteiger partial charge in [-0.25, -0.2) is 0 Å². The molecular weight excluding hydrogens is 254 g/mol. The zero-order chi connectivity index (χ0) is 14.7. The number of carbonyl (C=O) groups excluding carboxylic acids is 1. The fourth-order valence-electron chi connectivity index (χ4n) is 2.19. The van der Waals surface area contributed by atoms with Gasteiger partial charge >= 0.3 is 0 Å². The Bertz CT molecular complexity index is 603. The van der Waals surface area contributed by atoms with Crippen molar-refractivity contribution in [3.8, 4) is 5.75 Å². The number of hydrogen-bond donors (Lipinski definition) is 0. The fraction of sp³-hybridized carbons (Fsp3) is 0.312. The first-order valence-electron chi connectivity index (χ1n) is 6.50. The van der Waals surface area contributed by atoms with Crippen LogP contribution in [0.1, 0.15) is 34.6 Å². The first-order valence-corrected chi connectivity index (χ1v) is 6.50. The quantitative estimate of drug-likeness (QED) is 0.857. The van der Waals surface area contributed by atoms with Crippen LogP contribution in [0.25, 0.3) is 0 Å². The number of para-hydroxylation sites is 1. The second-order valence-corrected chi connectivity index (χ2v) is 4.72. The zero-order valence-corrected chi connectivity index (χ0v) is 12.2. The van der Waals surface area contributed by atoms with Gasteiger partial charge in [-0.3, -0.25) is 4.79 Å². The van der Waals surface area contributed by atoms with Crippen LogP contribution in [0, 0.1) is 6.92 Å². The van der Waals surface area contributed by atoms with Crippen molar-refractivity contribution in [3.05, 3.63) is 53.5 Å². The minimum Gasteiger partial charge on any atom is -0.496 e. The van der Waals surface area contributed by atoms with Crippen LogP contribution in [0.5, 0.6) is 5.75 Å². The van der Waals surface area contributed by atoms with Gasteiger partial charge in [0.15, 0.2) is 0 Å². The van der Waals surface area contributed by atoms with Crippen molar-refractivity contribution >= 4 is 5.91 Å². The van der Waals surface area contributed by atoms with Crippen LogP contribution in [0.3, 0.4) is 0 Å². The second-order valence-electron chi connectivity index (χ2n) is 4.72. The highest BCUT2D eigenvalue weighted by Crippen LogP contribution is 2.29. The maximum atomic E-state index is 12.5. The average molecular weight is 273 g/mol. The topological polar surface area (TPSA) is 42.7 Å². The predicted octanol–water partition coefficient (Wildman–Crippen LogP) is 3.43. The van der Waals surface area contributed by atoms with E-state index in [1.54, 1.807) is 32.0 Å². The standard InChI is InChI=1S/C16H19NO3/c1-11(13-7-5-6-8-15(13)19-4)17(3)16(18)14-9-10-20-12(14)2/h5-11H,1-4H3. The summed E-state index contributed by atoms with van der Waals surface area (Å²) in [6, 6.07) is 9.33. The number of nitrogens with zero attached hydrogens (tertiary/aromatic N) is 1. The average Bonchev–Trinajstić information content (AvgIpc) is 2.91. The summed E-state index contributed by atoms with van der Waals surface area (Å²) in [6.07, 6.45) is 1.53. The molecule has 0 aliphatic carbocycles. The van der Waals surface area contributed by atoms with Gasteiger partial charge in [0.1, 0.15) is 11.5 Å². The van der Waals surface area contributed by atoms with Crippen molar-refractivity contribution in [2.45, 2.75) is 19.9 Å². The van der Waals surface area contributed by atoms with Crippen molar-refractivity contribution < 1.29 is 13.9 Å².